The van der Waals surface area contributed by atoms with E-state index in [1.807, 2.05) is 104 Å². The molecule has 0 aromatic rings. The Hall–Kier alpha value is -5.78. The molecule has 0 unspecified atom stereocenters. The second kappa shape index (κ2) is 40.9. The molecule has 5 atom stereocenters. The van der Waals surface area contributed by atoms with Crippen molar-refractivity contribution in [3.05, 3.63) is 144 Å². The number of carboxylic acid groups (broad SMARTS) is 3. The van der Waals surface area contributed by atoms with Gasteiger partial charge >= 0.3 is 17.9 Å². The number of aliphatic carboxylic acids is 3. The van der Waals surface area contributed by atoms with E-state index in [-0.39, 0.29) is 60.5 Å². The molecule has 3 rings (SSSR count). The number of carbonyl (C=O) groups is 6. The van der Waals surface area contributed by atoms with Gasteiger partial charge in [-0.25, -0.2) is 0 Å². The van der Waals surface area contributed by atoms with Gasteiger partial charge in [-0.15, -0.1) is 0 Å². The number of ketones is 3. The third-order valence-electron chi connectivity index (χ3n) is 11.7. The van der Waals surface area contributed by atoms with Crippen molar-refractivity contribution in [1.29, 1.82) is 0 Å². The van der Waals surface area contributed by atoms with Crippen LogP contribution in [-0.4, -0.2) is 73.0 Å². The summed E-state index contributed by atoms with van der Waals surface area (Å²) >= 11 is 0. The first-order valence-corrected chi connectivity index (χ1v) is 25.9. The molecule has 0 saturated heterocycles. The van der Waals surface area contributed by atoms with Crippen molar-refractivity contribution in [2.45, 2.75) is 174 Å². The summed E-state index contributed by atoms with van der Waals surface area (Å²) in [4.78, 5) is 67.0. The zero-order chi connectivity index (χ0) is 52.5. The molecule has 0 heterocycles. The summed E-state index contributed by atoms with van der Waals surface area (Å²) in [5.41, 5.74) is 2.36. The Bertz CT molecular complexity index is 2000. The van der Waals surface area contributed by atoms with Crippen LogP contribution in [0.3, 0.4) is 0 Å². The first kappa shape index (κ1) is 63.2. The van der Waals surface area contributed by atoms with Crippen LogP contribution >= 0.6 is 0 Å². The molecule has 3 aliphatic carbocycles. The molecule has 11 nitrogen and oxygen atoms in total. The third-order valence-corrected chi connectivity index (χ3v) is 11.7. The van der Waals surface area contributed by atoms with Gasteiger partial charge in [0.25, 0.3) is 0 Å². The SMILES string of the molecule is CC/C=C\C/C=C/C=C1/C(=O)C=C[C@@H]1C/C=C\CCCC(=O)O.CC/C=C\C[C@H](O)C/C=C1/C(=O)C=C[C@@H]1C/C=C\CCCC(=O)O.CCCCC[C@H](O)C/C=C1/C(=O)C=C[C@@H]1C/C=C\CCCC(=O)O. The summed E-state index contributed by atoms with van der Waals surface area (Å²) < 4.78 is 0. The normalized spacial score (nSPS) is 20.3. The van der Waals surface area contributed by atoms with Gasteiger partial charge in [0.1, 0.15) is 0 Å². The largest absolute Gasteiger partial charge is 0.481 e. The van der Waals surface area contributed by atoms with E-state index < -0.39 is 24.0 Å². The average Bonchev–Trinajstić information content (AvgIpc) is 4.00. The Balaban J connectivity index is 0.000000533. The summed E-state index contributed by atoms with van der Waals surface area (Å²) in [7, 11) is 0. The molecule has 0 saturated carbocycles. The van der Waals surface area contributed by atoms with Gasteiger partial charge in [0, 0.05) is 53.7 Å². The average molecular weight is 981 g/mol. The van der Waals surface area contributed by atoms with Crippen LogP contribution in [0.5, 0.6) is 0 Å². The van der Waals surface area contributed by atoms with Gasteiger partial charge in [-0.3, -0.25) is 28.8 Å². The monoisotopic (exact) mass is 981 g/mol. The molecule has 0 aromatic carbocycles. The van der Waals surface area contributed by atoms with E-state index >= 15 is 0 Å². The minimum atomic E-state index is -0.773. The molecule has 0 aromatic heterocycles. The highest BCUT2D eigenvalue weighted by Crippen LogP contribution is 2.28. The van der Waals surface area contributed by atoms with Gasteiger partial charge in [0.2, 0.25) is 0 Å². The van der Waals surface area contributed by atoms with Gasteiger partial charge in [-0.2, -0.15) is 0 Å². The number of unbranched alkanes of at least 4 members (excludes halogenated alkanes) is 5. The summed E-state index contributed by atoms with van der Waals surface area (Å²) in [6.45, 7) is 6.29. The fraction of sp³-hybridized carbons (Fsp3) is 0.500. The number of rotatable bonds is 33. The van der Waals surface area contributed by atoms with Crippen molar-refractivity contribution in [2.75, 3.05) is 0 Å². The zero-order valence-electron chi connectivity index (χ0n) is 42.8. The number of allylic oxidation sites excluding steroid dienone is 21. The van der Waals surface area contributed by atoms with Crippen molar-refractivity contribution in [2.24, 2.45) is 17.8 Å². The maximum Gasteiger partial charge on any atom is 0.303 e. The fourth-order valence-corrected chi connectivity index (χ4v) is 7.66. The summed E-state index contributed by atoms with van der Waals surface area (Å²) in [6.07, 6.45) is 55.2. The van der Waals surface area contributed by atoms with Crippen molar-refractivity contribution >= 4 is 35.3 Å². The maximum atomic E-state index is 11.9. The first-order chi connectivity index (χ1) is 34.2. The molecule has 0 bridgehead atoms. The van der Waals surface area contributed by atoms with Crippen LogP contribution in [-0.2, 0) is 28.8 Å². The minimum Gasteiger partial charge on any atom is -0.481 e. The molecule has 0 aliphatic heterocycles. The van der Waals surface area contributed by atoms with Crippen LogP contribution in [0.4, 0.5) is 0 Å². The first-order valence-electron chi connectivity index (χ1n) is 25.9. The molecule has 0 amide bonds. The van der Waals surface area contributed by atoms with E-state index in [1.54, 1.807) is 18.2 Å². The van der Waals surface area contributed by atoms with Crippen molar-refractivity contribution < 1.29 is 54.3 Å². The predicted molar refractivity (Wildman–Crippen MR) is 286 cm³/mol. The smallest absolute Gasteiger partial charge is 0.303 e. The van der Waals surface area contributed by atoms with Gasteiger partial charge < -0.3 is 25.5 Å². The van der Waals surface area contributed by atoms with Crippen molar-refractivity contribution in [1.82, 2.24) is 0 Å². The third kappa shape index (κ3) is 31.9. The predicted octanol–water partition coefficient (Wildman–Crippen LogP) is 13.0. The van der Waals surface area contributed by atoms with Crippen LogP contribution in [0.1, 0.15) is 162 Å². The lowest BCUT2D eigenvalue weighted by molar-refractivity contribution is -0.138. The van der Waals surface area contributed by atoms with Gasteiger partial charge in [-0.1, -0.05) is 149 Å². The fourth-order valence-electron chi connectivity index (χ4n) is 7.66. The second-order valence-electron chi connectivity index (χ2n) is 17.8. The highest BCUT2D eigenvalue weighted by molar-refractivity contribution is 6.08. The molecule has 11 heteroatoms. The Morgan fingerprint density at radius 2 is 0.915 bits per heavy atom. The molecule has 0 radical (unpaired) electrons. The lowest BCUT2D eigenvalue weighted by Gasteiger charge is -2.11. The highest BCUT2D eigenvalue weighted by Gasteiger charge is 2.23. The molecule has 5 N–H and O–H groups in total. The number of carbonyl (C=O) groups excluding carboxylic acids is 3. The summed E-state index contributed by atoms with van der Waals surface area (Å²) in [6, 6.07) is 0. The number of carboxylic acids is 3. The summed E-state index contributed by atoms with van der Waals surface area (Å²) in [5, 5.41) is 45.6. The molecule has 71 heavy (non-hydrogen) atoms. The standard InChI is InChI=1S/C20H30O4.C20H28O4.C20H26O3/c2*1-2-3-6-10-17(21)13-14-18-16(12-15-19(18)22)9-7-4-5-8-11-20(23)24;1-2-3-4-5-6-10-13-18-17(15-16-19(18)21)12-9-7-8-11-14-20(22)23/h4,7,12,14-17,21H,2-3,5-6,8-11,13H2,1H3,(H,23,24);3-4,6-7,12,14-17,21H,2,5,8-11,13H2,1H3,(H,23,24);3-4,6-7,9-10,13,15-17H,2,5,8,11-12,14H2,1H3,(H,22,23)/b7-4-,18-14+;6-3-,7-4-,18-14+;4-3-,9-7-,10-6+,18-13+/t2*16-,17-;17-/m000/s1. The Kier molecular flexibility index (Phi) is 36.4. The quantitative estimate of drug-likeness (QED) is 0.0238. The Morgan fingerprint density at radius 1 is 0.493 bits per heavy atom. The summed E-state index contributed by atoms with van der Waals surface area (Å²) in [5.74, 6) is -1.87. The number of aliphatic hydroxyl groups is 2. The van der Waals surface area contributed by atoms with E-state index in [4.69, 9.17) is 15.3 Å². The van der Waals surface area contributed by atoms with Crippen LogP contribution in [0.2, 0.25) is 0 Å². The van der Waals surface area contributed by atoms with Crippen LogP contribution in [0.25, 0.3) is 0 Å². The second-order valence-corrected chi connectivity index (χ2v) is 17.8. The van der Waals surface area contributed by atoms with Gasteiger partial charge in [0.05, 0.1) is 12.2 Å². The van der Waals surface area contributed by atoms with Crippen LogP contribution < -0.4 is 0 Å². The van der Waals surface area contributed by atoms with Crippen molar-refractivity contribution in [3.63, 3.8) is 0 Å². The molecular weight excluding hydrogens is 897 g/mol. The molecule has 3 aliphatic rings. The maximum absolute atomic E-state index is 11.9. The Morgan fingerprint density at radius 3 is 1.35 bits per heavy atom. The number of hydrogen-bond acceptors (Lipinski definition) is 8. The van der Waals surface area contributed by atoms with Crippen molar-refractivity contribution in [3.8, 4) is 0 Å². The van der Waals surface area contributed by atoms with E-state index in [0.717, 1.165) is 100 Å². The molecular formula is C60H84O11. The lowest BCUT2D eigenvalue weighted by Crippen LogP contribution is -2.08. The molecule has 0 fully saturated rings. The Labute approximate surface area is 424 Å². The van der Waals surface area contributed by atoms with E-state index in [1.165, 1.54) is 0 Å². The minimum absolute atomic E-state index is 0.0237. The van der Waals surface area contributed by atoms with E-state index in [9.17, 15) is 39.0 Å². The van der Waals surface area contributed by atoms with Crippen LogP contribution in [0.15, 0.2) is 144 Å². The highest BCUT2D eigenvalue weighted by atomic mass is 16.4. The van der Waals surface area contributed by atoms with Gasteiger partial charge in [0.15, 0.2) is 17.3 Å². The van der Waals surface area contributed by atoms with E-state index in [2.05, 4.69) is 26.0 Å². The van der Waals surface area contributed by atoms with E-state index in [0.29, 0.717) is 38.5 Å². The number of hydrogen-bond donors (Lipinski definition) is 5. The zero-order valence-corrected chi connectivity index (χ0v) is 42.8. The van der Waals surface area contributed by atoms with Gasteiger partial charge in [-0.05, 0) is 121 Å². The molecule has 0 spiro atoms. The van der Waals surface area contributed by atoms with Crippen LogP contribution in [0, 0.1) is 17.8 Å². The lowest BCUT2D eigenvalue weighted by atomic mass is 9.95. The molecule has 390 valence electrons. The topological polar surface area (TPSA) is 204 Å². The number of aliphatic hydroxyl groups excluding tert-OH is 2.